The van der Waals surface area contributed by atoms with Crippen LogP contribution in [0.3, 0.4) is 0 Å². The zero-order chi connectivity index (χ0) is 20.3. The fourth-order valence-electron chi connectivity index (χ4n) is 4.23. The van der Waals surface area contributed by atoms with Gasteiger partial charge >= 0.3 is 5.97 Å². The highest BCUT2D eigenvalue weighted by Crippen LogP contribution is 2.28. The summed E-state index contributed by atoms with van der Waals surface area (Å²) in [6.45, 7) is 2.11. The van der Waals surface area contributed by atoms with E-state index < -0.39 is 10.9 Å². The topological polar surface area (TPSA) is 107 Å². The van der Waals surface area contributed by atoms with Gasteiger partial charge in [-0.25, -0.2) is 0 Å². The zero-order valence-electron chi connectivity index (χ0n) is 16.4. The Labute approximate surface area is 175 Å². The van der Waals surface area contributed by atoms with Gasteiger partial charge in [-0.15, -0.1) is 12.4 Å². The van der Waals surface area contributed by atoms with E-state index in [2.05, 4.69) is 4.90 Å². The van der Waals surface area contributed by atoms with E-state index in [-0.39, 0.29) is 42.6 Å². The zero-order valence-corrected chi connectivity index (χ0v) is 17.2. The fourth-order valence-corrected chi connectivity index (χ4v) is 4.23. The van der Waals surface area contributed by atoms with Gasteiger partial charge in [-0.1, -0.05) is 6.07 Å². The number of hydrogen-bond donors (Lipinski definition) is 1. The van der Waals surface area contributed by atoms with Crippen LogP contribution in [0, 0.1) is 10.1 Å². The van der Waals surface area contributed by atoms with Crippen LogP contribution in [0.2, 0.25) is 0 Å². The summed E-state index contributed by atoms with van der Waals surface area (Å²) in [5.41, 5.74) is 0.545. The molecular weight excluding hydrogens is 400 g/mol. The number of aliphatic carboxylic acids is 1. The predicted octanol–water partition coefficient (Wildman–Crippen LogP) is 1.99. The van der Waals surface area contributed by atoms with E-state index in [0.29, 0.717) is 18.7 Å². The SMILES string of the molecule is CN(CC(=O)O)C1CCCN(C2CCN(c3cccc([N+](=O)[O-])c3)C2=O)CC1.Cl. The average Bonchev–Trinajstić information content (AvgIpc) is 2.87. The van der Waals surface area contributed by atoms with Crippen LogP contribution in [0.1, 0.15) is 25.7 Å². The molecule has 0 saturated carbocycles. The van der Waals surface area contributed by atoms with Crippen molar-refractivity contribution in [2.24, 2.45) is 0 Å². The first-order chi connectivity index (χ1) is 13.4. The number of carboxylic acid groups (broad SMARTS) is 1. The maximum absolute atomic E-state index is 13.0. The van der Waals surface area contributed by atoms with Crippen molar-refractivity contribution in [1.29, 1.82) is 0 Å². The van der Waals surface area contributed by atoms with E-state index in [0.717, 1.165) is 32.4 Å². The molecule has 1 amide bonds. The number of amides is 1. The molecule has 29 heavy (non-hydrogen) atoms. The molecule has 2 atom stereocenters. The number of nitrogens with zero attached hydrogens (tertiary/aromatic N) is 4. The molecule has 0 aliphatic carbocycles. The van der Waals surface area contributed by atoms with Crippen molar-refractivity contribution in [3.63, 3.8) is 0 Å². The molecule has 2 heterocycles. The lowest BCUT2D eigenvalue weighted by atomic mass is 10.1. The van der Waals surface area contributed by atoms with Gasteiger partial charge in [-0.3, -0.25) is 29.5 Å². The van der Waals surface area contributed by atoms with E-state index >= 15 is 0 Å². The first-order valence-corrected chi connectivity index (χ1v) is 9.58. The Morgan fingerprint density at radius 3 is 2.72 bits per heavy atom. The van der Waals surface area contributed by atoms with Crippen molar-refractivity contribution >= 4 is 35.7 Å². The highest BCUT2D eigenvalue weighted by Gasteiger charge is 2.38. The molecule has 2 aliphatic rings. The van der Waals surface area contributed by atoms with Gasteiger partial charge in [0.2, 0.25) is 5.91 Å². The summed E-state index contributed by atoms with van der Waals surface area (Å²) in [6, 6.07) is 6.17. The Balaban J connectivity index is 0.00000300. The van der Waals surface area contributed by atoms with E-state index in [4.69, 9.17) is 5.11 Å². The highest BCUT2D eigenvalue weighted by atomic mass is 35.5. The molecule has 0 spiro atoms. The molecule has 0 bridgehead atoms. The Morgan fingerprint density at radius 1 is 1.28 bits per heavy atom. The van der Waals surface area contributed by atoms with Crippen molar-refractivity contribution in [1.82, 2.24) is 9.80 Å². The number of carbonyl (C=O) groups is 2. The Kier molecular flexibility index (Phi) is 7.95. The molecular formula is C19H27ClN4O5. The van der Waals surface area contributed by atoms with Crippen LogP contribution in [-0.4, -0.2) is 77.0 Å². The standard InChI is InChI=1S/C19H26N4O5.ClH/c1-20(13-18(24)25)14-6-3-9-21(10-7-14)17-8-11-22(19(17)26)15-4-2-5-16(12-15)23(27)28;/h2,4-5,12,14,17H,3,6-11,13H2,1H3,(H,24,25);1H. The molecule has 1 aromatic rings. The lowest BCUT2D eigenvalue weighted by Gasteiger charge is -2.28. The molecule has 9 nitrogen and oxygen atoms in total. The van der Waals surface area contributed by atoms with Crippen LogP contribution in [0.15, 0.2) is 24.3 Å². The van der Waals surface area contributed by atoms with Gasteiger partial charge in [0.1, 0.15) is 0 Å². The second-order valence-corrected chi connectivity index (χ2v) is 7.50. The second-order valence-electron chi connectivity index (χ2n) is 7.50. The molecule has 0 radical (unpaired) electrons. The van der Waals surface area contributed by atoms with Gasteiger partial charge in [0.05, 0.1) is 23.2 Å². The van der Waals surface area contributed by atoms with E-state index in [1.54, 1.807) is 17.0 Å². The van der Waals surface area contributed by atoms with Crippen molar-refractivity contribution in [3.05, 3.63) is 34.4 Å². The molecule has 1 N–H and O–H groups in total. The van der Waals surface area contributed by atoms with E-state index in [1.165, 1.54) is 12.1 Å². The third-order valence-corrected chi connectivity index (χ3v) is 5.71. The molecule has 3 rings (SSSR count). The predicted molar refractivity (Wildman–Crippen MR) is 111 cm³/mol. The van der Waals surface area contributed by atoms with Crippen LogP contribution in [0.25, 0.3) is 0 Å². The number of anilines is 1. The molecule has 10 heteroatoms. The van der Waals surface area contributed by atoms with Crippen molar-refractivity contribution in [2.45, 2.75) is 37.8 Å². The Hall–Kier alpha value is -2.23. The van der Waals surface area contributed by atoms with Crippen LogP contribution in [0.4, 0.5) is 11.4 Å². The van der Waals surface area contributed by atoms with Crippen molar-refractivity contribution in [2.75, 3.05) is 38.1 Å². The first-order valence-electron chi connectivity index (χ1n) is 9.58. The molecule has 2 aliphatic heterocycles. The Morgan fingerprint density at radius 2 is 2.03 bits per heavy atom. The molecule has 0 aromatic heterocycles. The highest BCUT2D eigenvalue weighted by molar-refractivity contribution is 5.99. The number of hydrogen-bond acceptors (Lipinski definition) is 6. The van der Waals surface area contributed by atoms with Gasteiger partial charge in [0.15, 0.2) is 0 Å². The quantitative estimate of drug-likeness (QED) is 0.547. The lowest BCUT2D eigenvalue weighted by molar-refractivity contribution is -0.384. The summed E-state index contributed by atoms with van der Waals surface area (Å²) in [7, 11) is 1.83. The number of carboxylic acids is 1. The monoisotopic (exact) mass is 426 g/mol. The molecule has 2 unspecified atom stereocenters. The third kappa shape index (κ3) is 5.43. The summed E-state index contributed by atoms with van der Waals surface area (Å²) < 4.78 is 0. The maximum atomic E-state index is 13.0. The molecule has 2 fully saturated rings. The van der Waals surface area contributed by atoms with Gasteiger partial charge in [0.25, 0.3) is 5.69 Å². The number of halogens is 1. The van der Waals surface area contributed by atoms with Crippen molar-refractivity contribution < 1.29 is 19.6 Å². The van der Waals surface area contributed by atoms with Crippen LogP contribution < -0.4 is 4.90 Å². The number of carbonyl (C=O) groups excluding carboxylic acids is 1. The number of nitro benzene ring substituents is 1. The summed E-state index contributed by atoms with van der Waals surface area (Å²) in [4.78, 5) is 40.2. The molecule has 2 saturated heterocycles. The van der Waals surface area contributed by atoms with Gasteiger partial charge in [0, 0.05) is 31.3 Å². The lowest BCUT2D eigenvalue weighted by Crippen LogP contribution is -2.43. The largest absolute Gasteiger partial charge is 0.480 e. The third-order valence-electron chi connectivity index (χ3n) is 5.71. The summed E-state index contributed by atoms with van der Waals surface area (Å²) in [6.07, 6.45) is 3.34. The number of nitro groups is 1. The van der Waals surface area contributed by atoms with Crippen LogP contribution in [-0.2, 0) is 9.59 Å². The average molecular weight is 427 g/mol. The summed E-state index contributed by atoms with van der Waals surface area (Å²) in [5.74, 6) is -0.847. The number of benzene rings is 1. The minimum Gasteiger partial charge on any atom is -0.480 e. The summed E-state index contributed by atoms with van der Waals surface area (Å²) in [5, 5.41) is 20.0. The smallest absolute Gasteiger partial charge is 0.317 e. The first kappa shape index (κ1) is 23.1. The van der Waals surface area contributed by atoms with Crippen LogP contribution >= 0.6 is 12.4 Å². The van der Waals surface area contributed by atoms with Crippen LogP contribution in [0.5, 0.6) is 0 Å². The fraction of sp³-hybridized carbons (Fsp3) is 0.579. The van der Waals surface area contributed by atoms with Gasteiger partial charge < -0.3 is 10.0 Å². The molecule has 1 aromatic carbocycles. The van der Waals surface area contributed by atoms with Gasteiger partial charge in [-0.05, 0) is 45.3 Å². The van der Waals surface area contributed by atoms with Crippen molar-refractivity contribution in [3.8, 4) is 0 Å². The number of rotatable bonds is 6. The number of likely N-dealkylation sites (tertiary alicyclic amines) is 1. The molecule has 160 valence electrons. The number of likely N-dealkylation sites (N-methyl/N-ethyl adjacent to an activating group) is 1. The minimum atomic E-state index is -0.831. The second kappa shape index (κ2) is 10.00. The normalized spacial score (nSPS) is 23.0. The Bertz CT molecular complexity index is 762. The van der Waals surface area contributed by atoms with E-state index in [1.807, 2.05) is 11.9 Å². The van der Waals surface area contributed by atoms with Gasteiger partial charge in [-0.2, -0.15) is 0 Å². The maximum Gasteiger partial charge on any atom is 0.317 e. The number of non-ortho nitro benzene ring substituents is 1. The summed E-state index contributed by atoms with van der Waals surface area (Å²) >= 11 is 0. The van der Waals surface area contributed by atoms with E-state index in [9.17, 15) is 19.7 Å². The minimum absolute atomic E-state index is 0.